The summed E-state index contributed by atoms with van der Waals surface area (Å²) in [5.74, 6) is -0.834. The zero-order chi connectivity index (χ0) is 5.98. The quantitative estimate of drug-likeness (QED) is 0.510. The van der Waals surface area contributed by atoms with Gasteiger partial charge in [-0.15, -0.1) is 5.73 Å². The van der Waals surface area contributed by atoms with Crippen LogP contribution in [0.1, 0.15) is 12.8 Å². The van der Waals surface area contributed by atoms with Crippen LogP contribution in [0.3, 0.4) is 0 Å². The zero-order valence-electron chi connectivity index (χ0n) is 4.35. The molecule has 8 heavy (non-hydrogen) atoms. The summed E-state index contributed by atoms with van der Waals surface area (Å²) in [5, 5.41) is 8.29. The minimum atomic E-state index is -0.834. The first kappa shape index (κ1) is 5.13. The fraction of sp³-hybridized carbons (Fsp3) is 0.333. The van der Waals surface area contributed by atoms with Gasteiger partial charge in [-0.05, 0) is 18.9 Å². The van der Waals surface area contributed by atoms with Crippen molar-refractivity contribution in [1.82, 2.24) is 0 Å². The second-order valence-electron chi connectivity index (χ2n) is 1.67. The Balaban J connectivity index is 2.74. The Morgan fingerprint density at radius 2 is 2.62 bits per heavy atom. The van der Waals surface area contributed by atoms with E-state index >= 15 is 0 Å². The summed E-state index contributed by atoms with van der Waals surface area (Å²) in [6, 6.07) is 0. The fourth-order valence-electron chi connectivity index (χ4n) is 0.653. The number of hydrogen-bond donors (Lipinski definition) is 1. The number of carbonyl (C=O) groups is 1. The molecule has 1 N–H and O–H groups in total. The SMILES string of the molecule is O=C(O)C1=C=CCC1. The summed E-state index contributed by atoms with van der Waals surface area (Å²) < 4.78 is 0. The van der Waals surface area contributed by atoms with Gasteiger partial charge >= 0.3 is 5.97 Å². The molecule has 2 heteroatoms. The van der Waals surface area contributed by atoms with E-state index in [0.29, 0.717) is 12.0 Å². The van der Waals surface area contributed by atoms with E-state index in [9.17, 15) is 4.79 Å². The van der Waals surface area contributed by atoms with Crippen LogP contribution >= 0.6 is 0 Å². The molecule has 1 aliphatic carbocycles. The van der Waals surface area contributed by atoms with E-state index in [4.69, 9.17) is 5.11 Å². The van der Waals surface area contributed by atoms with Crippen molar-refractivity contribution in [1.29, 1.82) is 0 Å². The molecule has 0 aliphatic heterocycles. The van der Waals surface area contributed by atoms with Crippen molar-refractivity contribution in [2.75, 3.05) is 0 Å². The Kier molecular flexibility index (Phi) is 1.18. The summed E-state index contributed by atoms with van der Waals surface area (Å²) in [6.45, 7) is 0. The van der Waals surface area contributed by atoms with Crippen molar-refractivity contribution in [2.24, 2.45) is 0 Å². The van der Waals surface area contributed by atoms with Crippen LogP contribution in [0.25, 0.3) is 0 Å². The Bertz CT molecular complexity index is 173. The first-order valence-corrected chi connectivity index (χ1v) is 2.48. The standard InChI is InChI=1S/C6H6O2/c7-6(8)5-3-1-2-4-5/h1H,2,4H2,(H,7,8). The number of aliphatic carboxylic acids is 1. The van der Waals surface area contributed by atoms with Gasteiger partial charge < -0.3 is 5.11 Å². The highest BCUT2D eigenvalue weighted by Gasteiger charge is 2.07. The van der Waals surface area contributed by atoms with E-state index in [0.717, 1.165) is 6.42 Å². The van der Waals surface area contributed by atoms with Crippen molar-refractivity contribution in [3.63, 3.8) is 0 Å². The van der Waals surface area contributed by atoms with E-state index < -0.39 is 5.97 Å². The molecule has 0 bridgehead atoms. The third-order valence-electron chi connectivity index (χ3n) is 1.07. The van der Waals surface area contributed by atoms with Gasteiger partial charge in [0.05, 0.1) is 5.57 Å². The van der Waals surface area contributed by atoms with Crippen LogP contribution in [0.15, 0.2) is 17.4 Å². The average Bonchev–Trinajstić information content (AvgIpc) is 2.12. The lowest BCUT2D eigenvalue weighted by molar-refractivity contribution is -0.132. The van der Waals surface area contributed by atoms with E-state index in [2.05, 4.69) is 5.73 Å². The molecule has 42 valence electrons. The number of hydrogen-bond acceptors (Lipinski definition) is 1. The predicted molar refractivity (Wildman–Crippen MR) is 28.5 cm³/mol. The molecule has 1 rings (SSSR count). The smallest absolute Gasteiger partial charge is 0.339 e. The van der Waals surface area contributed by atoms with E-state index in [-0.39, 0.29) is 0 Å². The molecule has 0 atom stereocenters. The topological polar surface area (TPSA) is 37.3 Å². The number of carboxylic acid groups (broad SMARTS) is 1. The first-order chi connectivity index (χ1) is 3.80. The van der Waals surface area contributed by atoms with Crippen molar-refractivity contribution < 1.29 is 9.90 Å². The first-order valence-electron chi connectivity index (χ1n) is 2.48. The minimum Gasteiger partial charge on any atom is -0.477 e. The Labute approximate surface area is 47.1 Å². The van der Waals surface area contributed by atoms with Crippen molar-refractivity contribution >= 4 is 5.97 Å². The third-order valence-corrected chi connectivity index (χ3v) is 1.07. The van der Waals surface area contributed by atoms with Crippen LogP contribution in [-0.4, -0.2) is 11.1 Å². The lowest BCUT2D eigenvalue weighted by Crippen LogP contribution is -1.95. The maximum atomic E-state index is 10.1. The average molecular weight is 110 g/mol. The van der Waals surface area contributed by atoms with Crippen molar-refractivity contribution in [2.45, 2.75) is 12.8 Å². The van der Waals surface area contributed by atoms with E-state index in [1.807, 2.05) is 0 Å². The van der Waals surface area contributed by atoms with Crippen LogP contribution in [-0.2, 0) is 4.79 Å². The molecule has 0 fully saturated rings. The maximum Gasteiger partial charge on any atom is 0.339 e. The van der Waals surface area contributed by atoms with Crippen LogP contribution in [0.4, 0.5) is 0 Å². The normalized spacial score (nSPS) is 16.2. The van der Waals surface area contributed by atoms with Gasteiger partial charge in [0.25, 0.3) is 0 Å². The second kappa shape index (κ2) is 1.85. The molecular weight excluding hydrogens is 104 g/mol. The van der Waals surface area contributed by atoms with Crippen LogP contribution < -0.4 is 0 Å². The van der Waals surface area contributed by atoms with Crippen molar-refractivity contribution in [3.8, 4) is 0 Å². The molecule has 1 aliphatic rings. The largest absolute Gasteiger partial charge is 0.477 e. The van der Waals surface area contributed by atoms with E-state index in [1.54, 1.807) is 6.08 Å². The maximum absolute atomic E-state index is 10.1. The zero-order valence-corrected chi connectivity index (χ0v) is 4.35. The van der Waals surface area contributed by atoms with Gasteiger partial charge in [0.2, 0.25) is 0 Å². The molecule has 0 aromatic rings. The summed E-state index contributed by atoms with van der Waals surface area (Å²) in [7, 11) is 0. The van der Waals surface area contributed by atoms with Crippen LogP contribution in [0.5, 0.6) is 0 Å². The summed E-state index contributed by atoms with van der Waals surface area (Å²) in [5.41, 5.74) is 3.06. The molecule has 0 spiro atoms. The van der Waals surface area contributed by atoms with Gasteiger partial charge in [-0.1, -0.05) is 0 Å². The van der Waals surface area contributed by atoms with E-state index in [1.165, 1.54) is 0 Å². The van der Waals surface area contributed by atoms with Gasteiger partial charge in [0.1, 0.15) is 0 Å². The highest BCUT2D eigenvalue weighted by atomic mass is 16.4. The van der Waals surface area contributed by atoms with Gasteiger partial charge in [0, 0.05) is 0 Å². The lowest BCUT2D eigenvalue weighted by atomic mass is 10.2. The van der Waals surface area contributed by atoms with Gasteiger partial charge in [-0.25, -0.2) is 4.79 Å². The third kappa shape index (κ3) is 0.796. The Hall–Kier alpha value is -1.01. The molecule has 0 amide bonds. The molecule has 0 aromatic carbocycles. The molecule has 0 unspecified atom stereocenters. The molecular formula is C6H6O2. The monoisotopic (exact) mass is 110 g/mol. The second-order valence-corrected chi connectivity index (χ2v) is 1.67. The summed E-state index contributed by atoms with van der Waals surface area (Å²) in [6.07, 6.45) is 3.24. The molecule has 0 heterocycles. The highest BCUT2D eigenvalue weighted by molar-refractivity contribution is 5.86. The molecule has 0 saturated heterocycles. The molecule has 0 radical (unpaired) electrons. The fourth-order valence-corrected chi connectivity index (χ4v) is 0.653. The number of rotatable bonds is 1. The molecule has 2 nitrogen and oxygen atoms in total. The molecule has 0 aromatic heterocycles. The number of carboxylic acids is 1. The predicted octanol–water partition coefficient (Wildman–Crippen LogP) is 0.946. The summed E-state index contributed by atoms with van der Waals surface area (Å²) in [4.78, 5) is 10.1. The highest BCUT2D eigenvalue weighted by Crippen LogP contribution is 2.09. The Morgan fingerprint density at radius 3 is 2.88 bits per heavy atom. The van der Waals surface area contributed by atoms with Crippen LogP contribution in [0.2, 0.25) is 0 Å². The van der Waals surface area contributed by atoms with Gasteiger partial charge in [-0.2, -0.15) is 0 Å². The summed E-state index contributed by atoms with van der Waals surface area (Å²) >= 11 is 0. The Morgan fingerprint density at radius 1 is 1.88 bits per heavy atom. The minimum absolute atomic E-state index is 0.407. The van der Waals surface area contributed by atoms with Gasteiger partial charge in [-0.3, -0.25) is 0 Å². The lowest BCUT2D eigenvalue weighted by Gasteiger charge is -1.86. The van der Waals surface area contributed by atoms with Crippen molar-refractivity contribution in [3.05, 3.63) is 17.4 Å². The van der Waals surface area contributed by atoms with Gasteiger partial charge in [0.15, 0.2) is 0 Å². The molecule has 0 saturated carbocycles. The van der Waals surface area contributed by atoms with Crippen LogP contribution in [0, 0.1) is 0 Å².